The molecule has 0 fully saturated rings. The molecule has 2 heterocycles. The van der Waals surface area contributed by atoms with Crippen molar-refractivity contribution >= 4 is 22.4 Å². The fraction of sp³-hybridized carbons (Fsp3) is 0.167. The average molecular weight is 323 g/mol. The molecule has 0 aliphatic rings. The van der Waals surface area contributed by atoms with Gasteiger partial charge in [0.2, 0.25) is 0 Å². The molecule has 4 nitrogen and oxygen atoms in total. The van der Waals surface area contributed by atoms with Crippen molar-refractivity contribution < 1.29 is 4.79 Å². The molecule has 0 aliphatic carbocycles. The summed E-state index contributed by atoms with van der Waals surface area (Å²) in [6.07, 6.45) is 3.48. The monoisotopic (exact) mass is 323 g/mol. The lowest BCUT2D eigenvalue weighted by molar-refractivity contribution is 0.102. The van der Waals surface area contributed by atoms with Crippen molar-refractivity contribution in [1.29, 1.82) is 0 Å². The van der Waals surface area contributed by atoms with Crippen LogP contribution in [0.5, 0.6) is 0 Å². The maximum atomic E-state index is 12.3. The largest absolute Gasteiger partial charge is 0.298 e. The Hall–Kier alpha value is -2.53. The molecule has 1 aromatic carbocycles. The third kappa shape index (κ3) is 3.63. The minimum Gasteiger partial charge on any atom is -0.298 e. The summed E-state index contributed by atoms with van der Waals surface area (Å²) in [4.78, 5) is 20.8. The molecule has 0 spiro atoms. The first kappa shape index (κ1) is 15.4. The smallest absolute Gasteiger partial charge is 0.257 e. The van der Waals surface area contributed by atoms with Crippen molar-refractivity contribution in [2.45, 2.75) is 19.8 Å². The Kier molecular flexibility index (Phi) is 4.48. The standard InChI is InChI=1S/C18H17N3OS/c1-12(2)13-5-7-14(8-6-13)17(22)21-18-20-16(11-23-18)15-4-3-9-19-10-15/h3-12H,1-2H3,(H,20,21,22). The molecule has 116 valence electrons. The van der Waals surface area contributed by atoms with E-state index in [1.165, 1.54) is 16.9 Å². The Morgan fingerprint density at radius 2 is 1.96 bits per heavy atom. The van der Waals surface area contributed by atoms with Gasteiger partial charge in [0.25, 0.3) is 5.91 Å². The quantitative estimate of drug-likeness (QED) is 0.764. The molecule has 0 unspecified atom stereocenters. The van der Waals surface area contributed by atoms with Crippen LogP contribution in [0.4, 0.5) is 5.13 Å². The Balaban J connectivity index is 1.72. The molecule has 5 heteroatoms. The molecule has 1 N–H and O–H groups in total. The number of thiazole rings is 1. The Bertz CT molecular complexity index is 795. The van der Waals surface area contributed by atoms with E-state index in [-0.39, 0.29) is 5.91 Å². The van der Waals surface area contributed by atoms with Gasteiger partial charge in [-0.2, -0.15) is 0 Å². The molecule has 0 saturated heterocycles. The van der Waals surface area contributed by atoms with Gasteiger partial charge in [-0.15, -0.1) is 11.3 Å². The highest BCUT2D eigenvalue weighted by Gasteiger charge is 2.10. The number of aromatic nitrogens is 2. The molecule has 3 aromatic rings. The zero-order chi connectivity index (χ0) is 16.2. The van der Waals surface area contributed by atoms with Gasteiger partial charge in [0.1, 0.15) is 0 Å². The molecule has 2 aromatic heterocycles. The van der Waals surface area contributed by atoms with Crippen LogP contribution < -0.4 is 5.32 Å². The van der Waals surface area contributed by atoms with E-state index in [1.54, 1.807) is 12.4 Å². The first-order valence-corrected chi connectivity index (χ1v) is 8.28. The number of pyridine rings is 1. The molecule has 3 rings (SSSR count). The van der Waals surface area contributed by atoms with Crippen molar-refractivity contribution in [3.63, 3.8) is 0 Å². The third-order valence-electron chi connectivity index (χ3n) is 3.52. The van der Waals surface area contributed by atoms with E-state index in [9.17, 15) is 4.79 Å². The second-order valence-electron chi connectivity index (χ2n) is 5.51. The summed E-state index contributed by atoms with van der Waals surface area (Å²) in [7, 11) is 0. The summed E-state index contributed by atoms with van der Waals surface area (Å²) < 4.78 is 0. The van der Waals surface area contributed by atoms with Crippen molar-refractivity contribution in [2.24, 2.45) is 0 Å². The summed E-state index contributed by atoms with van der Waals surface area (Å²) in [6.45, 7) is 4.26. The van der Waals surface area contributed by atoms with Gasteiger partial charge >= 0.3 is 0 Å². The lowest BCUT2D eigenvalue weighted by Gasteiger charge is -2.06. The highest BCUT2D eigenvalue weighted by atomic mass is 32.1. The minimum absolute atomic E-state index is 0.146. The molecule has 0 saturated carbocycles. The van der Waals surface area contributed by atoms with Crippen molar-refractivity contribution in [2.75, 3.05) is 5.32 Å². The number of benzene rings is 1. The summed E-state index contributed by atoms with van der Waals surface area (Å²) in [5, 5.41) is 5.34. The minimum atomic E-state index is -0.146. The van der Waals surface area contributed by atoms with E-state index < -0.39 is 0 Å². The molecular weight excluding hydrogens is 306 g/mol. The van der Waals surface area contributed by atoms with E-state index in [0.29, 0.717) is 16.6 Å². The van der Waals surface area contributed by atoms with Crippen LogP contribution >= 0.6 is 11.3 Å². The molecule has 23 heavy (non-hydrogen) atoms. The van der Waals surface area contributed by atoms with E-state index in [4.69, 9.17) is 0 Å². The Morgan fingerprint density at radius 1 is 1.17 bits per heavy atom. The van der Waals surface area contributed by atoms with Crippen LogP contribution in [0.1, 0.15) is 35.7 Å². The van der Waals surface area contributed by atoms with Gasteiger partial charge in [-0.3, -0.25) is 15.1 Å². The van der Waals surface area contributed by atoms with Crippen LogP contribution in [0.25, 0.3) is 11.3 Å². The van der Waals surface area contributed by atoms with Crippen LogP contribution in [0.3, 0.4) is 0 Å². The predicted molar refractivity (Wildman–Crippen MR) is 93.8 cm³/mol. The van der Waals surface area contributed by atoms with Crippen LogP contribution in [-0.2, 0) is 0 Å². The van der Waals surface area contributed by atoms with Crippen molar-refractivity contribution in [3.8, 4) is 11.3 Å². The number of anilines is 1. The number of rotatable bonds is 4. The van der Waals surface area contributed by atoms with Crippen molar-refractivity contribution in [1.82, 2.24) is 9.97 Å². The fourth-order valence-electron chi connectivity index (χ4n) is 2.17. The zero-order valence-corrected chi connectivity index (χ0v) is 13.8. The first-order chi connectivity index (χ1) is 11.1. The van der Waals surface area contributed by atoms with E-state index in [1.807, 2.05) is 41.8 Å². The molecule has 0 bridgehead atoms. The zero-order valence-electron chi connectivity index (χ0n) is 13.0. The van der Waals surface area contributed by atoms with Gasteiger partial charge in [0.05, 0.1) is 5.69 Å². The second kappa shape index (κ2) is 6.71. The Labute approximate surface area is 139 Å². The molecule has 0 aliphatic heterocycles. The lowest BCUT2D eigenvalue weighted by atomic mass is 10.0. The van der Waals surface area contributed by atoms with Crippen molar-refractivity contribution in [3.05, 3.63) is 65.3 Å². The number of hydrogen-bond acceptors (Lipinski definition) is 4. The van der Waals surface area contributed by atoms with Gasteiger partial charge in [-0.25, -0.2) is 4.98 Å². The fourth-order valence-corrected chi connectivity index (χ4v) is 2.88. The summed E-state index contributed by atoms with van der Waals surface area (Å²) in [6, 6.07) is 11.5. The van der Waals surface area contributed by atoms with Gasteiger partial charge in [0.15, 0.2) is 5.13 Å². The van der Waals surface area contributed by atoms with Gasteiger partial charge < -0.3 is 0 Å². The van der Waals surface area contributed by atoms with Gasteiger partial charge in [-0.1, -0.05) is 26.0 Å². The van der Waals surface area contributed by atoms with Gasteiger partial charge in [0, 0.05) is 28.9 Å². The highest BCUT2D eigenvalue weighted by molar-refractivity contribution is 7.14. The van der Waals surface area contributed by atoms with Crippen LogP contribution in [0, 0.1) is 0 Å². The first-order valence-electron chi connectivity index (χ1n) is 7.40. The predicted octanol–water partition coefficient (Wildman–Crippen LogP) is 4.58. The van der Waals surface area contributed by atoms with Crippen LogP contribution in [0.15, 0.2) is 54.2 Å². The second-order valence-corrected chi connectivity index (χ2v) is 6.37. The average Bonchev–Trinajstić information content (AvgIpc) is 3.04. The maximum absolute atomic E-state index is 12.3. The lowest BCUT2D eigenvalue weighted by Crippen LogP contribution is -2.11. The SMILES string of the molecule is CC(C)c1ccc(C(=O)Nc2nc(-c3cccnc3)cs2)cc1. The van der Waals surface area contributed by atoms with Gasteiger partial charge in [-0.05, 0) is 35.7 Å². The highest BCUT2D eigenvalue weighted by Crippen LogP contribution is 2.24. The topological polar surface area (TPSA) is 54.9 Å². The van der Waals surface area contributed by atoms with E-state index in [2.05, 4.69) is 29.1 Å². The van der Waals surface area contributed by atoms with E-state index >= 15 is 0 Å². The maximum Gasteiger partial charge on any atom is 0.257 e. The Morgan fingerprint density at radius 3 is 2.61 bits per heavy atom. The summed E-state index contributed by atoms with van der Waals surface area (Å²) in [5.41, 5.74) is 3.60. The molecule has 0 atom stereocenters. The van der Waals surface area contributed by atoms with E-state index in [0.717, 1.165) is 11.3 Å². The number of nitrogens with zero attached hydrogens (tertiary/aromatic N) is 2. The van der Waals surface area contributed by atoms with Crippen LogP contribution in [0.2, 0.25) is 0 Å². The number of nitrogens with one attached hydrogen (secondary N) is 1. The molecular formula is C18H17N3OS. The number of amides is 1. The summed E-state index contributed by atoms with van der Waals surface area (Å²) >= 11 is 1.40. The molecule has 0 radical (unpaired) electrons. The summed E-state index contributed by atoms with van der Waals surface area (Å²) in [5.74, 6) is 0.306. The number of hydrogen-bond donors (Lipinski definition) is 1. The van der Waals surface area contributed by atoms with Crippen LogP contribution in [-0.4, -0.2) is 15.9 Å². The third-order valence-corrected chi connectivity index (χ3v) is 4.28. The normalized spacial score (nSPS) is 10.7. The number of carbonyl (C=O) groups excluding carboxylic acids is 1. The molecule has 1 amide bonds. The number of carbonyl (C=O) groups is 1.